The largest absolute Gasteiger partial charge is 0.312 e. The maximum atomic E-state index is 12.6. The predicted octanol–water partition coefficient (Wildman–Crippen LogP) is 2.76. The van der Waals surface area contributed by atoms with Crippen LogP contribution in [0.5, 0.6) is 0 Å². The molecule has 1 unspecified atom stereocenters. The van der Waals surface area contributed by atoms with E-state index in [9.17, 15) is 4.79 Å². The van der Waals surface area contributed by atoms with Crippen LogP contribution in [0.4, 0.5) is 5.69 Å². The first kappa shape index (κ1) is 12.5. The van der Waals surface area contributed by atoms with E-state index in [2.05, 4.69) is 34.8 Å². The van der Waals surface area contributed by atoms with Crippen LogP contribution in [0.2, 0.25) is 0 Å². The Morgan fingerprint density at radius 1 is 1.14 bits per heavy atom. The maximum Gasteiger partial charge on any atom is 0.269 e. The Kier molecular flexibility index (Phi) is 2.59. The Labute approximate surface area is 126 Å². The fraction of sp³-hybridized carbons (Fsp3) is 0.125. The maximum absolute atomic E-state index is 12.6. The number of carbonyl (C=O) groups excluding carboxylic acids is 1. The Morgan fingerprint density at radius 3 is 2.67 bits per heavy atom. The molecule has 0 radical (unpaired) electrons. The van der Waals surface area contributed by atoms with Gasteiger partial charge in [-0.15, -0.1) is 0 Å². The number of nitrogens with zero attached hydrogens (tertiary/aromatic N) is 2. The van der Waals surface area contributed by atoms with E-state index in [4.69, 9.17) is 0 Å². The Hall–Kier alpha value is -2.27. The van der Waals surface area contributed by atoms with Crippen molar-refractivity contribution in [3.05, 3.63) is 54.1 Å². The van der Waals surface area contributed by atoms with Gasteiger partial charge in [0, 0.05) is 12.6 Å². The minimum absolute atomic E-state index is 0.0187. The lowest BCUT2D eigenvalue weighted by Gasteiger charge is -2.20. The number of thioether (sulfide) groups is 1. The van der Waals surface area contributed by atoms with Crippen molar-refractivity contribution >= 4 is 28.9 Å². The lowest BCUT2D eigenvalue weighted by Crippen LogP contribution is -2.42. The lowest BCUT2D eigenvalue weighted by atomic mass is 10.00. The van der Waals surface area contributed by atoms with Crippen LogP contribution in [0.1, 0.15) is 5.56 Å². The van der Waals surface area contributed by atoms with E-state index in [0.717, 1.165) is 22.4 Å². The first-order chi connectivity index (χ1) is 10.2. The Bertz CT molecular complexity index is 749. The van der Waals surface area contributed by atoms with Crippen molar-refractivity contribution < 1.29 is 4.79 Å². The highest BCUT2D eigenvalue weighted by Crippen LogP contribution is 2.48. The zero-order valence-corrected chi connectivity index (χ0v) is 12.2. The van der Waals surface area contributed by atoms with Crippen LogP contribution in [-0.4, -0.2) is 18.5 Å². The second kappa shape index (κ2) is 4.36. The fourth-order valence-corrected chi connectivity index (χ4v) is 3.75. The van der Waals surface area contributed by atoms with Crippen LogP contribution < -0.4 is 10.3 Å². The number of carbonyl (C=O) groups is 1. The molecule has 0 bridgehead atoms. The molecule has 0 aromatic heterocycles. The van der Waals surface area contributed by atoms with E-state index < -0.39 is 4.87 Å². The standard InChI is InChI=1S/C16H13N3OS/c1-19-14-8-7-12(11-5-3-2-4-6-11)9-13(14)16(15(19)20)18-17-10-21-16/h2-10,18H,1H3. The summed E-state index contributed by atoms with van der Waals surface area (Å²) in [5.74, 6) is 0.0187. The van der Waals surface area contributed by atoms with Gasteiger partial charge in [0.2, 0.25) is 4.87 Å². The monoisotopic (exact) mass is 295 g/mol. The molecular formula is C16H13N3OS. The Morgan fingerprint density at radius 2 is 1.95 bits per heavy atom. The number of hydrogen-bond donors (Lipinski definition) is 1. The first-order valence-electron chi connectivity index (χ1n) is 6.67. The van der Waals surface area contributed by atoms with E-state index in [-0.39, 0.29) is 5.91 Å². The molecule has 104 valence electrons. The number of anilines is 1. The van der Waals surface area contributed by atoms with E-state index in [0.29, 0.717) is 0 Å². The normalized spacial score (nSPS) is 22.7. The van der Waals surface area contributed by atoms with Gasteiger partial charge < -0.3 is 4.90 Å². The Balaban J connectivity index is 1.89. The lowest BCUT2D eigenvalue weighted by molar-refractivity contribution is -0.120. The third kappa shape index (κ3) is 1.64. The molecule has 1 spiro atoms. The fourth-order valence-electron chi connectivity index (χ4n) is 2.85. The summed E-state index contributed by atoms with van der Waals surface area (Å²) in [5.41, 5.74) is 8.83. The molecule has 0 aliphatic carbocycles. The minimum Gasteiger partial charge on any atom is -0.312 e. The van der Waals surface area contributed by atoms with Crippen molar-refractivity contribution in [3.8, 4) is 11.1 Å². The van der Waals surface area contributed by atoms with Crippen LogP contribution in [0.3, 0.4) is 0 Å². The van der Waals surface area contributed by atoms with Gasteiger partial charge in [0.25, 0.3) is 5.91 Å². The summed E-state index contributed by atoms with van der Waals surface area (Å²) in [4.78, 5) is 13.5. The summed E-state index contributed by atoms with van der Waals surface area (Å²) in [6, 6.07) is 16.3. The van der Waals surface area contributed by atoms with Crippen molar-refractivity contribution in [2.24, 2.45) is 5.10 Å². The van der Waals surface area contributed by atoms with Crippen molar-refractivity contribution in [1.29, 1.82) is 0 Å². The van der Waals surface area contributed by atoms with Crippen molar-refractivity contribution in [2.75, 3.05) is 11.9 Å². The zero-order chi connectivity index (χ0) is 14.4. The molecule has 2 heterocycles. The number of benzene rings is 2. The molecule has 5 heteroatoms. The highest BCUT2D eigenvalue weighted by molar-refractivity contribution is 8.13. The van der Waals surface area contributed by atoms with E-state index >= 15 is 0 Å². The molecular weight excluding hydrogens is 282 g/mol. The summed E-state index contributed by atoms with van der Waals surface area (Å²) in [6.45, 7) is 0. The summed E-state index contributed by atoms with van der Waals surface area (Å²) < 4.78 is 0. The molecule has 21 heavy (non-hydrogen) atoms. The number of fused-ring (bicyclic) bond motifs is 2. The molecule has 2 aromatic rings. The average molecular weight is 295 g/mol. The number of rotatable bonds is 1. The van der Waals surface area contributed by atoms with Gasteiger partial charge in [-0.3, -0.25) is 10.2 Å². The highest BCUT2D eigenvalue weighted by Gasteiger charge is 2.52. The van der Waals surface area contributed by atoms with Gasteiger partial charge in [-0.1, -0.05) is 48.2 Å². The van der Waals surface area contributed by atoms with Gasteiger partial charge in [0.05, 0.1) is 11.2 Å². The van der Waals surface area contributed by atoms with E-state index in [1.807, 2.05) is 24.3 Å². The zero-order valence-electron chi connectivity index (χ0n) is 11.4. The minimum atomic E-state index is -0.797. The van der Waals surface area contributed by atoms with Crippen LogP contribution in [0.25, 0.3) is 11.1 Å². The SMILES string of the molecule is CN1C(=O)C2(NN=CS2)c2cc(-c3ccccc3)ccc21. The van der Waals surface area contributed by atoms with Crippen LogP contribution in [-0.2, 0) is 9.67 Å². The molecule has 4 rings (SSSR count). The average Bonchev–Trinajstić information content (AvgIpc) is 3.11. The van der Waals surface area contributed by atoms with Crippen molar-refractivity contribution in [1.82, 2.24) is 5.43 Å². The highest BCUT2D eigenvalue weighted by atomic mass is 32.2. The van der Waals surface area contributed by atoms with Crippen molar-refractivity contribution in [3.63, 3.8) is 0 Å². The molecule has 4 nitrogen and oxygen atoms in total. The van der Waals surface area contributed by atoms with Gasteiger partial charge in [0.1, 0.15) is 0 Å². The second-order valence-electron chi connectivity index (χ2n) is 5.11. The molecule has 2 aliphatic rings. The summed E-state index contributed by atoms with van der Waals surface area (Å²) >= 11 is 1.42. The summed E-state index contributed by atoms with van der Waals surface area (Å²) in [5, 5.41) is 4.05. The third-order valence-electron chi connectivity index (χ3n) is 3.95. The molecule has 1 atom stereocenters. The predicted molar refractivity (Wildman–Crippen MR) is 86.2 cm³/mol. The molecule has 2 aromatic carbocycles. The first-order valence-corrected chi connectivity index (χ1v) is 7.55. The number of hydrazone groups is 1. The van der Waals surface area contributed by atoms with Crippen molar-refractivity contribution in [2.45, 2.75) is 4.87 Å². The second-order valence-corrected chi connectivity index (χ2v) is 6.17. The van der Waals surface area contributed by atoms with Crippen LogP contribution >= 0.6 is 11.8 Å². The topological polar surface area (TPSA) is 44.7 Å². The molecule has 1 amide bonds. The number of amides is 1. The van der Waals surface area contributed by atoms with Gasteiger partial charge in [-0.05, 0) is 23.3 Å². The third-order valence-corrected chi connectivity index (χ3v) is 5.00. The summed E-state index contributed by atoms with van der Waals surface area (Å²) in [6.07, 6.45) is 0. The summed E-state index contributed by atoms with van der Waals surface area (Å²) in [7, 11) is 1.80. The van der Waals surface area contributed by atoms with Gasteiger partial charge in [-0.25, -0.2) is 0 Å². The quantitative estimate of drug-likeness (QED) is 0.880. The van der Waals surface area contributed by atoms with E-state index in [1.165, 1.54) is 11.8 Å². The number of nitrogens with one attached hydrogen (secondary N) is 1. The smallest absolute Gasteiger partial charge is 0.269 e. The molecule has 0 saturated heterocycles. The van der Waals surface area contributed by atoms with Gasteiger partial charge in [0.15, 0.2) is 0 Å². The van der Waals surface area contributed by atoms with Crippen LogP contribution in [0, 0.1) is 0 Å². The molecule has 1 N–H and O–H groups in total. The van der Waals surface area contributed by atoms with Gasteiger partial charge >= 0.3 is 0 Å². The number of hydrogen-bond acceptors (Lipinski definition) is 4. The van der Waals surface area contributed by atoms with Gasteiger partial charge in [-0.2, -0.15) is 5.10 Å². The molecule has 0 saturated carbocycles. The molecule has 2 aliphatic heterocycles. The molecule has 0 fully saturated rings. The van der Waals surface area contributed by atoms with Crippen LogP contribution in [0.15, 0.2) is 53.6 Å². The number of likely N-dealkylation sites (N-methyl/N-ethyl adjacent to an activating group) is 1. The van der Waals surface area contributed by atoms with E-state index in [1.54, 1.807) is 17.5 Å².